The van der Waals surface area contributed by atoms with Crippen LogP contribution in [0.25, 0.3) is 0 Å². The van der Waals surface area contributed by atoms with Crippen LogP contribution in [0, 0.1) is 17.2 Å². The number of nitrogens with one attached hydrogen (secondary N) is 1. The Morgan fingerprint density at radius 2 is 1.95 bits per heavy atom. The lowest BCUT2D eigenvalue weighted by Crippen LogP contribution is -2.57. The molecular formula is C31H42F2N6O2. The van der Waals surface area contributed by atoms with Crippen LogP contribution in [0.5, 0.6) is 0 Å². The Morgan fingerprint density at radius 3 is 2.51 bits per heavy atom. The first kappa shape index (κ1) is 29.4. The van der Waals surface area contributed by atoms with Gasteiger partial charge in [0, 0.05) is 38.4 Å². The Balaban J connectivity index is 1.58. The zero-order valence-electron chi connectivity index (χ0n) is 24.8. The van der Waals surface area contributed by atoms with E-state index in [0.717, 1.165) is 43.5 Å². The fraction of sp³-hybridized carbons (Fsp3) is 0.613. The number of aryl methyl sites for hydroxylation is 1. The minimum absolute atomic E-state index is 0.0217. The average molecular weight is 569 g/mol. The summed E-state index contributed by atoms with van der Waals surface area (Å²) in [5.74, 6) is -0.773. The van der Waals surface area contributed by atoms with Crippen molar-refractivity contribution in [3.05, 3.63) is 59.1 Å². The Kier molecular flexibility index (Phi) is 7.37. The SMILES string of the molecule is Cn1cnnc1C1(c2ccc(F)c(C3(C(N)=O)CC(CNCC(C)(C)F)=CN(CCC4CC4)C3=O)c2)CC(C)(C)C1. The third-order valence-electron chi connectivity index (χ3n) is 8.93. The number of nitrogens with zero attached hydrogens (tertiary/aromatic N) is 4. The fourth-order valence-electron chi connectivity index (χ4n) is 6.98. The summed E-state index contributed by atoms with van der Waals surface area (Å²) >= 11 is 0. The third-order valence-corrected chi connectivity index (χ3v) is 8.93. The van der Waals surface area contributed by atoms with Crippen molar-refractivity contribution in [1.82, 2.24) is 25.0 Å². The molecule has 8 nitrogen and oxygen atoms in total. The van der Waals surface area contributed by atoms with E-state index >= 15 is 4.39 Å². The van der Waals surface area contributed by atoms with E-state index in [1.165, 1.54) is 24.8 Å². The second-order valence-corrected chi connectivity index (χ2v) is 13.8. The minimum atomic E-state index is -1.93. The van der Waals surface area contributed by atoms with Gasteiger partial charge in [-0.25, -0.2) is 8.78 Å². The van der Waals surface area contributed by atoms with E-state index in [4.69, 9.17) is 5.73 Å². The molecule has 2 amide bonds. The summed E-state index contributed by atoms with van der Waals surface area (Å²) in [5.41, 5.74) is 3.61. The molecule has 222 valence electrons. The monoisotopic (exact) mass is 568 g/mol. The van der Waals surface area contributed by atoms with E-state index < -0.39 is 34.1 Å². The van der Waals surface area contributed by atoms with Gasteiger partial charge in [-0.1, -0.05) is 38.8 Å². The molecule has 41 heavy (non-hydrogen) atoms. The lowest BCUT2D eigenvalue weighted by atomic mass is 9.51. The highest BCUT2D eigenvalue weighted by Crippen LogP contribution is 2.58. The number of alkyl halides is 1. The smallest absolute Gasteiger partial charge is 0.247 e. The summed E-state index contributed by atoms with van der Waals surface area (Å²) in [5, 5.41) is 11.6. The molecule has 2 aliphatic carbocycles. The molecule has 1 unspecified atom stereocenters. The van der Waals surface area contributed by atoms with Gasteiger partial charge in [-0.05, 0) is 68.1 Å². The maximum absolute atomic E-state index is 15.9. The number of rotatable bonds is 11. The zero-order chi connectivity index (χ0) is 29.8. The lowest BCUT2D eigenvalue weighted by molar-refractivity contribution is -0.143. The number of carbonyl (C=O) groups is 2. The van der Waals surface area contributed by atoms with Crippen molar-refractivity contribution < 1.29 is 18.4 Å². The quantitative estimate of drug-likeness (QED) is 0.398. The Morgan fingerprint density at radius 1 is 1.24 bits per heavy atom. The second kappa shape index (κ2) is 10.3. The molecule has 1 aromatic heterocycles. The number of carbonyl (C=O) groups excluding carboxylic acids is 2. The first-order chi connectivity index (χ1) is 19.2. The van der Waals surface area contributed by atoms with Crippen LogP contribution in [0.4, 0.5) is 8.78 Å². The molecule has 1 atom stereocenters. The van der Waals surface area contributed by atoms with Crippen molar-refractivity contribution in [2.24, 2.45) is 24.1 Å². The maximum atomic E-state index is 15.9. The molecule has 0 radical (unpaired) electrons. The molecule has 2 heterocycles. The van der Waals surface area contributed by atoms with E-state index in [1.54, 1.807) is 24.7 Å². The highest BCUT2D eigenvalue weighted by atomic mass is 19.1. The van der Waals surface area contributed by atoms with Crippen molar-refractivity contribution >= 4 is 11.8 Å². The van der Waals surface area contributed by atoms with Gasteiger partial charge in [-0.2, -0.15) is 0 Å². The molecule has 10 heteroatoms. The van der Waals surface area contributed by atoms with E-state index in [1.807, 2.05) is 11.6 Å². The number of aromatic nitrogens is 3. The van der Waals surface area contributed by atoms with Gasteiger partial charge in [-0.15, -0.1) is 10.2 Å². The van der Waals surface area contributed by atoms with E-state index in [0.29, 0.717) is 18.0 Å². The van der Waals surface area contributed by atoms with Crippen LogP contribution in [-0.2, 0) is 27.5 Å². The first-order valence-corrected chi connectivity index (χ1v) is 14.5. The van der Waals surface area contributed by atoms with Gasteiger partial charge in [-0.3, -0.25) is 9.59 Å². The molecule has 1 aliphatic heterocycles. The van der Waals surface area contributed by atoms with Crippen LogP contribution >= 0.6 is 0 Å². The van der Waals surface area contributed by atoms with Crippen LogP contribution in [-0.4, -0.2) is 56.8 Å². The summed E-state index contributed by atoms with van der Waals surface area (Å²) in [7, 11) is 1.88. The van der Waals surface area contributed by atoms with Crippen molar-refractivity contribution in [2.45, 2.75) is 82.7 Å². The molecule has 2 saturated carbocycles. The topological polar surface area (TPSA) is 106 Å². The van der Waals surface area contributed by atoms with E-state index in [9.17, 15) is 14.0 Å². The van der Waals surface area contributed by atoms with Crippen molar-refractivity contribution in [3.63, 3.8) is 0 Å². The maximum Gasteiger partial charge on any atom is 0.247 e. The number of hydrogen-bond donors (Lipinski definition) is 2. The molecule has 2 fully saturated rings. The minimum Gasteiger partial charge on any atom is -0.368 e. The van der Waals surface area contributed by atoms with Crippen LogP contribution in [0.15, 0.2) is 36.3 Å². The molecule has 1 aromatic carbocycles. The second-order valence-electron chi connectivity index (χ2n) is 13.8. The largest absolute Gasteiger partial charge is 0.368 e. The van der Waals surface area contributed by atoms with Gasteiger partial charge < -0.3 is 20.5 Å². The number of amides is 2. The van der Waals surface area contributed by atoms with Crippen molar-refractivity contribution in [3.8, 4) is 0 Å². The van der Waals surface area contributed by atoms with E-state index in [2.05, 4.69) is 29.4 Å². The fourth-order valence-corrected chi connectivity index (χ4v) is 6.98. The number of benzene rings is 1. The average Bonchev–Trinajstić information content (AvgIpc) is 3.59. The van der Waals surface area contributed by atoms with Crippen molar-refractivity contribution in [1.29, 1.82) is 0 Å². The van der Waals surface area contributed by atoms with Crippen LogP contribution in [0.3, 0.4) is 0 Å². The summed E-state index contributed by atoms with van der Waals surface area (Å²) in [4.78, 5) is 29.1. The summed E-state index contributed by atoms with van der Waals surface area (Å²) in [6.45, 7) is 8.03. The highest BCUT2D eigenvalue weighted by molar-refractivity contribution is 6.11. The van der Waals surface area contributed by atoms with Gasteiger partial charge in [0.05, 0.1) is 5.41 Å². The van der Waals surface area contributed by atoms with Gasteiger partial charge in [0.2, 0.25) is 11.8 Å². The molecule has 3 N–H and O–H groups in total. The van der Waals surface area contributed by atoms with Crippen molar-refractivity contribution in [2.75, 3.05) is 19.6 Å². The van der Waals surface area contributed by atoms with E-state index in [-0.39, 0.29) is 30.5 Å². The molecule has 2 aromatic rings. The molecule has 5 rings (SSSR count). The molecule has 0 saturated heterocycles. The molecular weight excluding hydrogens is 526 g/mol. The predicted octanol–water partition coefficient (Wildman–Crippen LogP) is 4.04. The predicted molar refractivity (Wildman–Crippen MR) is 152 cm³/mol. The first-order valence-electron chi connectivity index (χ1n) is 14.5. The summed E-state index contributed by atoms with van der Waals surface area (Å²) < 4.78 is 32.0. The lowest BCUT2D eigenvalue weighted by Gasteiger charge is -2.53. The normalized spacial score (nSPS) is 23.7. The number of primary amides is 1. The number of nitrogens with two attached hydrogens (primary N) is 1. The molecule has 0 bridgehead atoms. The van der Waals surface area contributed by atoms with Crippen LogP contribution in [0.2, 0.25) is 0 Å². The highest BCUT2D eigenvalue weighted by Gasteiger charge is 2.56. The Bertz CT molecular complexity index is 1360. The third kappa shape index (κ3) is 5.55. The van der Waals surface area contributed by atoms with Crippen LogP contribution in [0.1, 0.15) is 83.2 Å². The molecule has 0 spiro atoms. The Labute approximate surface area is 240 Å². The van der Waals surface area contributed by atoms with Gasteiger partial charge in [0.25, 0.3) is 0 Å². The summed E-state index contributed by atoms with van der Waals surface area (Å²) in [6.07, 6.45) is 7.82. The molecule has 3 aliphatic rings. The van der Waals surface area contributed by atoms with Gasteiger partial charge in [0.15, 0.2) is 5.41 Å². The number of halogens is 2. The summed E-state index contributed by atoms with van der Waals surface area (Å²) in [6, 6.07) is 4.71. The van der Waals surface area contributed by atoms with Crippen LogP contribution < -0.4 is 11.1 Å². The standard InChI is InChI=1S/C31H42F2N6O2/c1-28(2)16-30(17-28,26-37-36-19-38(26)5)22-8-9-24(32)23(12-22)31(25(34)40)13-21(14-35-18-29(3,4)33)15-39(27(31)41)11-10-20-6-7-20/h8-9,12,15,19-20,35H,6-7,10-11,13-14,16-18H2,1-5H3,(H2,34,40). The number of hydrogen-bond acceptors (Lipinski definition) is 5. The zero-order valence-corrected chi connectivity index (χ0v) is 24.8. The Hall–Kier alpha value is -3.14. The van der Waals surface area contributed by atoms with Gasteiger partial charge in [0.1, 0.15) is 23.6 Å². The van der Waals surface area contributed by atoms with Gasteiger partial charge >= 0.3 is 0 Å².